The van der Waals surface area contributed by atoms with Gasteiger partial charge in [-0.25, -0.2) is 8.91 Å². The number of allylic oxidation sites excluding steroid dienone is 1. The molecule has 3 atom stereocenters. The molecule has 0 radical (unpaired) electrons. The van der Waals surface area contributed by atoms with Gasteiger partial charge in [-0.1, -0.05) is 0 Å². The lowest BCUT2D eigenvalue weighted by Gasteiger charge is -2.27. The molecule has 2 aliphatic heterocycles. The van der Waals surface area contributed by atoms with Gasteiger partial charge in [-0.15, -0.1) is 0 Å². The molecular weight excluding hydrogens is 527 g/mol. The van der Waals surface area contributed by atoms with E-state index in [9.17, 15) is 9.50 Å². The average Bonchev–Trinajstić information content (AvgIpc) is 3.66. The summed E-state index contributed by atoms with van der Waals surface area (Å²) in [5.41, 5.74) is 5.23. The van der Waals surface area contributed by atoms with Crippen LogP contribution in [0.4, 0.5) is 4.39 Å². The first-order valence-corrected chi connectivity index (χ1v) is 14.2. The smallest absolute Gasteiger partial charge is 0.176 e. The molecule has 0 bridgehead atoms. The van der Waals surface area contributed by atoms with E-state index in [-0.39, 0.29) is 24.9 Å². The zero-order chi connectivity index (χ0) is 28.5. The quantitative estimate of drug-likeness (QED) is 0.317. The minimum absolute atomic E-state index is 0.235. The highest BCUT2D eigenvalue weighted by atomic mass is 19.1. The van der Waals surface area contributed by atoms with Crippen molar-refractivity contribution in [3.63, 3.8) is 0 Å². The topological polar surface area (TPSA) is 125 Å². The molecule has 216 valence electrons. The molecule has 6 rings (SSSR count). The van der Waals surface area contributed by atoms with Crippen molar-refractivity contribution < 1.29 is 19.0 Å². The molecule has 41 heavy (non-hydrogen) atoms. The molecule has 1 saturated carbocycles. The van der Waals surface area contributed by atoms with E-state index in [1.807, 2.05) is 12.3 Å². The summed E-state index contributed by atoms with van der Waals surface area (Å²) in [7, 11) is 1.57. The largest absolute Gasteiger partial charge is 0.493 e. The summed E-state index contributed by atoms with van der Waals surface area (Å²) >= 11 is 0. The number of hydrogen-bond donors (Lipinski definition) is 2. The van der Waals surface area contributed by atoms with Gasteiger partial charge < -0.3 is 19.9 Å². The summed E-state index contributed by atoms with van der Waals surface area (Å²) in [6.45, 7) is 4.46. The van der Waals surface area contributed by atoms with Gasteiger partial charge in [0.15, 0.2) is 29.3 Å². The molecule has 5 heterocycles. The predicted octanol–water partition coefficient (Wildman–Crippen LogP) is 3.15. The molecule has 12 heteroatoms. The summed E-state index contributed by atoms with van der Waals surface area (Å²) in [6, 6.07) is 2.67. The van der Waals surface area contributed by atoms with Crippen molar-refractivity contribution in [3.8, 4) is 28.9 Å². The molecule has 11 nitrogen and oxygen atoms in total. The highest BCUT2D eigenvalue weighted by Crippen LogP contribution is 2.36. The van der Waals surface area contributed by atoms with Crippen LogP contribution in [0.2, 0.25) is 0 Å². The fourth-order valence-electron chi connectivity index (χ4n) is 6.39. The van der Waals surface area contributed by atoms with Gasteiger partial charge >= 0.3 is 0 Å². The number of ether oxygens (including phenoxy) is 2. The maximum atomic E-state index is 13.6. The van der Waals surface area contributed by atoms with Gasteiger partial charge in [-0.05, 0) is 44.2 Å². The molecule has 0 aromatic carbocycles. The average molecular weight is 563 g/mol. The number of aliphatic imine (C=N–C) groups is 1. The van der Waals surface area contributed by atoms with Crippen molar-refractivity contribution in [2.75, 3.05) is 26.8 Å². The number of pyridine rings is 1. The Bertz CT molecular complexity index is 1540. The maximum absolute atomic E-state index is 13.6. The number of hydrogen-bond acceptors (Lipinski definition) is 9. The Morgan fingerprint density at radius 2 is 2.10 bits per heavy atom. The third kappa shape index (κ3) is 5.27. The zero-order valence-corrected chi connectivity index (χ0v) is 23.4. The van der Waals surface area contributed by atoms with Crippen molar-refractivity contribution in [3.05, 3.63) is 41.7 Å². The van der Waals surface area contributed by atoms with E-state index in [0.717, 1.165) is 62.1 Å². The molecule has 1 aliphatic carbocycles. The van der Waals surface area contributed by atoms with E-state index in [0.29, 0.717) is 35.2 Å². The second kappa shape index (κ2) is 11.5. The van der Waals surface area contributed by atoms with Crippen LogP contribution in [0.1, 0.15) is 43.4 Å². The van der Waals surface area contributed by atoms with Crippen molar-refractivity contribution in [1.82, 2.24) is 29.6 Å². The maximum Gasteiger partial charge on any atom is 0.176 e. The van der Waals surface area contributed by atoms with E-state index in [1.165, 1.54) is 11.9 Å². The zero-order valence-electron chi connectivity index (χ0n) is 23.4. The van der Waals surface area contributed by atoms with Gasteiger partial charge in [0.2, 0.25) is 0 Å². The Balaban J connectivity index is 1.29. The number of nitrogens with one attached hydrogen (secondary N) is 1. The van der Waals surface area contributed by atoms with Crippen LogP contribution in [-0.4, -0.2) is 80.1 Å². The second-order valence-corrected chi connectivity index (χ2v) is 10.9. The molecule has 0 spiro atoms. The van der Waals surface area contributed by atoms with Crippen LogP contribution < -0.4 is 14.8 Å². The number of fused-ring (bicyclic) bond motifs is 2. The van der Waals surface area contributed by atoms with Crippen molar-refractivity contribution in [2.24, 2.45) is 4.99 Å². The number of nitrogens with zero attached hydrogens (tertiary/aromatic N) is 7. The van der Waals surface area contributed by atoms with Crippen molar-refractivity contribution in [2.45, 2.75) is 70.2 Å². The lowest BCUT2D eigenvalue weighted by atomic mass is 10.1. The van der Waals surface area contributed by atoms with E-state index in [2.05, 4.69) is 38.1 Å². The Kier molecular flexibility index (Phi) is 7.64. The van der Waals surface area contributed by atoms with E-state index in [1.54, 1.807) is 17.8 Å². The lowest BCUT2D eigenvalue weighted by molar-refractivity contribution is 0.161. The molecule has 3 aromatic heterocycles. The summed E-state index contributed by atoms with van der Waals surface area (Å²) in [5, 5.41) is 31.6. The molecule has 3 aliphatic rings. The standard InChI is InChI=1S/C29H35FN8O3/c1-18-24-7-8-36(22-5-4-21(12-22)33-17-31)9-10-37(24)35-28(18)19-11-25(29-26(40-2)14-34-38(29)15-19)41-27(16-39)23-6-3-20(30)13-32-23/h11,13-15,21-22,27,33,39H,3-10,12,16H2,1-2H3/t21-,22+,27-/m1/s1. The molecule has 0 saturated heterocycles. The predicted molar refractivity (Wildman–Crippen MR) is 151 cm³/mol. The van der Waals surface area contributed by atoms with E-state index in [4.69, 9.17) is 19.8 Å². The lowest BCUT2D eigenvalue weighted by Crippen LogP contribution is -2.37. The Labute approximate surface area is 237 Å². The first-order chi connectivity index (χ1) is 20.0. The van der Waals surface area contributed by atoms with Gasteiger partial charge in [0.25, 0.3) is 0 Å². The third-order valence-electron chi connectivity index (χ3n) is 8.58. The fourth-order valence-corrected chi connectivity index (χ4v) is 6.39. The molecule has 0 unspecified atom stereocenters. The van der Waals surface area contributed by atoms with Crippen LogP contribution in [0.5, 0.6) is 11.5 Å². The molecule has 2 N–H and O–H groups in total. The second-order valence-electron chi connectivity index (χ2n) is 10.9. The number of aliphatic hydroxyl groups excluding tert-OH is 1. The van der Waals surface area contributed by atoms with Crippen molar-refractivity contribution in [1.29, 1.82) is 5.26 Å². The van der Waals surface area contributed by atoms with Crippen LogP contribution in [0.25, 0.3) is 16.8 Å². The molecule has 0 amide bonds. The fraction of sp³-hybridized carbons (Fsp3) is 0.517. The van der Waals surface area contributed by atoms with E-state index < -0.39 is 6.10 Å². The van der Waals surface area contributed by atoms with Crippen LogP contribution >= 0.6 is 0 Å². The Morgan fingerprint density at radius 1 is 1.22 bits per heavy atom. The van der Waals surface area contributed by atoms with Crippen LogP contribution in [0.15, 0.2) is 35.5 Å². The SMILES string of the molecule is COc1cnn2cc(-c3nn4c(c3C)CCN([C@H]3CC[C@@H](NC#N)C3)CC4)cc(O[C@H](CO)C3=NC=C(F)CC3)c12. The van der Waals surface area contributed by atoms with Gasteiger partial charge in [-0.2, -0.15) is 15.5 Å². The summed E-state index contributed by atoms with van der Waals surface area (Å²) in [5.74, 6) is 0.731. The monoisotopic (exact) mass is 562 g/mol. The molecule has 3 aromatic rings. The number of aliphatic hydroxyl groups is 1. The highest BCUT2D eigenvalue weighted by molar-refractivity contribution is 5.91. The summed E-state index contributed by atoms with van der Waals surface area (Å²) in [4.78, 5) is 6.73. The minimum atomic E-state index is -0.734. The number of halogens is 1. The third-order valence-corrected chi connectivity index (χ3v) is 8.58. The van der Waals surface area contributed by atoms with Crippen molar-refractivity contribution >= 4 is 11.2 Å². The minimum Gasteiger partial charge on any atom is -0.493 e. The van der Waals surface area contributed by atoms with Gasteiger partial charge in [-0.3, -0.25) is 14.6 Å². The Hall–Kier alpha value is -3.95. The van der Waals surface area contributed by atoms with Crippen LogP contribution in [0, 0.1) is 18.4 Å². The summed E-state index contributed by atoms with van der Waals surface area (Å²) in [6.07, 6.45) is 10.7. The Morgan fingerprint density at radius 3 is 2.85 bits per heavy atom. The summed E-state index contributed by atoms with van der Waals surface area (Å²) < 4.78 is 29.3. The number of rotatable bonds is 8. The highest BCUT2D eigenvalue weighted by Gasteiger charge is 2.31. The van der Waals surface area contributed by atoms with E-state index >= 15 is 0 Å². The molecule has 1 fully saturated rings. The number of nitriles is 1. The first-order valence-electron chi connectivity index (χ1n) is 14.2. The normalized spacial score (nSPS) is 21.9. The number of aromatic nitrogens is 4. The van der Waals surface area contributed by atoms with Gasteiger partial charge in [0.05, 0.1) is 44.1 Å². The van der Waals surface area contributed by atoms with Crippen LogP contribution in [0.3, 0.4) is 0 Å². The number of methoxy groups -OCH3 is 1. The van der Waals surface area contributed by atoms with Gasteiger partial charge in [0, 0.05) is 55.5 Å². The van der Waals surface area contributed by atoms with Gasteiger partial charge in [0.1, 0.15) is 5.83 Å². The van der Waals surface area contributed by atoms with Crippen LogP contribution in [-0.2, 0) is 13.0 Å². The molecular formula is C29H35FN8O3. The first kappa shape index (κ1) is 27.2.